The van der Waals surface area contributed by atoms with Gasteiger partial charge in [0.25, 0.3) is 0 Å². The number of rotatable bonds is 6. The van der Waals surface area contributed by atoms with Crippen LogP contribution >= 0.6 is 11.8 Å². The molecule has 1 aliphatic rings. The van der Waals surface area contributed by atoms with Crippen molar-refractivity contribution in [1.29, 1.82) is 0 Å². The minimum Gasteiger partial charge on any atom is -0.463 e. The summed E-state index contributed by atoms with van der Waals surface area (Å²) in [4.78, 5) is 24.1. The summed E-state index contributed by atoms with van der Waals surface area (Å²) in [6.45, 7) is 2.20. The lowest BCUT2D eigenvalue weighted by atomic mass is 10.2. The van der Waals surface area contributed by atoms with Crippen molar-refractivity contribution in [2.45, 2.75) is 25.1 Å². The fourth-order valence-electron chi connectivity index (χ4n) is 2.28. The summed E-state index contributed by atoms with van der Waals surface area (Å²) in [5.41, 5.74) is 1.61. The Kier molecular flexibility index (Phi) is 5.85. The van der Waals surface area contributed by atoms with E-state index in [1.54, 1.807) is 25.3 Å². The molecule has 2 N–H and O–H groups in total. The molecule has 0 radical (unpaired) electrons. The van der Waals surface area contributed by atoms with E-state index in [1.165, 1.54) is 11.8 Å². The maximum Gasteiger partial charge on any atom is 0.240 e. The zero-order valence-corrected chi connectivity index (χ0v) is 15.0. The van der Waals surface area contributed by atoms with Gasteiger partial charge >= 0.3 is 0 Å². The number of amides is 2. The molecule has 1 aromatic heterocycles. The fourth-order valence-corrected chi connectivity index (χ4v) is 3.20. The van der Waals surface area contributed by atoms with E-state index in [2.05, 4.69) is 20.8 Å². The summed E-state index contributed by atoms with van der Waals surface area (Å²) in [7, 11) is 0. The van der Waals surface area contributed by atoms with Gasteiger partial charge in [-0.15, -0.1) is 10.2 Å². The van der Waals surface area contributed by atoms with E-state index in [1.807, 2.05) is 30.3 Å². The lowest BCUT2D eigenvalue weighted by Gasteiger charge is -2.07. The molecule has 8 heteroatoms. The first-order valence-corrected chi connectivity index (χ1v) is 8.94. The molecule has 1 atom stereocenters. The van der Waals surface area contributed by atoms with Crippen molar-refractivity contribution < 1.29 is 14.0 Å². The minimum absolute atomic E-state index is 0.0865. The second kappa shape index (κ2) is 8.48. The first kappa shape index (κ1) is 17.9. The van der Waals surface area contributed by atoms with Gasteiger partial charge in [-0.3, -0.25) is 9.59 Å². The average Bonchev–Trinajstić information content (AvgIpc) is 3.29. The van der Waals surface area contributed by atoms with Crippen molar-refractivity contribution in [3.63, 3.8) is 0 Å². The van der Waals surface area contributed by atoms with Gasteiger partial charge in [0, 0.05) is 13.0 Å². The zero-order chi connectivity index (χ0) is 18.4. The molecule has 1 aromatic carbocycles. The number of nitrogens with zero attached hydrogens (tertiary/aromatic N) is 2. The molecule has 1 fully saturated rings. The number of benzene rings is 1. The van der Waals surface area contributed by atoms with E-state index in [-0.39, 0.29) is 18.2 Å². The maximum atomic E-state index is 12.1. The lowest BCUT2D eigenvalue weighted by molar-refractivity contribution is -0.125. The summed E-state index contributed by atoms with van der Waals surface area (Å²) < 4.78 is 5.22. The molecule has 0 bridgehead atoms. The van der Waals surface area contributed by atoms with E-state index >= 15 is 0 Å². The summed E-state index contributed by atoms with van der Waals surface area (Å²) in [6.07, 6.45) is 1.64. The number of carbonyl (C=O) groups excluding carboxylic acids is 2. The molecular formula is C18H18N4O3S. The molecular weight excluding hydrogens is 352 g/mol. The Labute approximate surface area is 155 Å². The second-order valence-electron chi connectivity index (χ2n) is 5.63. The fraction of sp³-hybridized carbons (Fsp3) is 0.222. The Bertz CT molecular complexity index is 831. The lowest BCUT2D eigenvalue weighted by Crippen LogP contribution is -2.31. The molecule has 26 heavy (non-hydrogen) atoms. The van der Waals surface area contributed by atoms with E-state index in [9.17, 15) is 9.59 Å². The number of hydrogen-bond donors (Lipinski definition) is 2. The Hall–Kier alpha value is -2.87. The smallest absolute Gasteiger partial charge is 0.240 e. The summed E-state index contributed by atoms with van der Waals surface area (Å²) >= 11 is 1.20. The zero-order valence-electron chi connectivity index (χ0n) is 14.1. The monoisotopic (exact) mass is 370 g/mol. The molecule has 2 aromatic rings. The third-order valence-corrected chi connectivity index (χ3v) is 4.72. The molecule has 7 nitrogen and oxygen atoms in total. The average molecular weight is 370 g/mol. The molecule has 0 saturated carbocycles. The highest BCUT2D eigenvalue weighted by Gasteiger charge is 2.32. The van der Waals surface area contributed by atoms with E-state index in [0.717, 1.165) is 5.56 Å². The molecule has 1 aliphatic heterocycles. The topological polar surface area (TPSA) is 96.1 Å². The van der Waals surface area contributed by atoms with Crippen LogP contribution in [0.2, 0.25) is 0 Å². The molecule has 1 saturated heterocycles. The number of carbonyl (C=O) groups is 2. The van der Waals surface area contributed by atoms with E-state index in [0.29, 0.717) is 23.2 Å². The van der Waals surface area contributed by atoms with Crippen LogP contribution in [0.4, 0.5) is 0 Å². The molecule has 0 spiro atoms. The summed E-state index contributed by atoms with van der Waals surface area (Å²) in [5, 5.41) is 13.4. The van der Waals surface area contributed by atoms with Gasteiger partial charge in [-0.05, 0) is 24.6 Å². The quantitative estimate of drug-likeness (QED) is 0.602. The number of nitrogens with one attached hydrogen (secondary N) is 2. The highest BCUT2D eigenvalue weighted by atomic mass is 32.2. The standard InChI is InChI=1S/C18H18N4O3S/c1-12(14-8-5-9-25-14)21-22-18-20-17(24)15(26-18)10-16(23)19-11-13-6-3-2-4-7-13/h2-9,15H,10-11H2,1H3,(H,19,23)(H,20,22,24)/b21-12+. The van der Waals surface area contributed by atoms with Gasteiger partial charge in [-0.1, -0.05) is 42.1 Å². The largest absolute Gasteiger partial charge is 0.463 e. The molecule has 1 unspecified atom stereocenters. The van der Waals surface area contributed by atoms with Crippen LogP contribution in [0.3, 0.4) is 0 Å². The van der Waals surface area contributed by atoms with Crippen molar-refractivity contribution in [2.75, 3.05) is 0 Å². The van der Waals surface area contributed by atoms with Crippen LogP contribution in [0.1, 0.15) is 24.7 Å². The SMILES string of the molecule is C/C(=N\N=C1\NC(=O)C(CC(=O)NCc2ccccc2)S1)c1ccco1. The minimum atomic E-state index is -0.511. The second-order valence-corrected chi connectivity index (χ2v) is 6.82. The van der Waals surface area contributed by atoms with Crippen LogP contribution in [0.25, 0.3) is 0 Å². The van der Waals surface area contributed by atoms with Crippen LogP contribution in [-0.4, -0.2) is 27.9 Å². The third kappa shape index (κ3) is 4.82. The molecule has 134 valence electrons. The Morgan fingerprint density at radius 2 is 2.08 bits per heavy atom. The third-order valence-electron chi connectivity index (χ3n) is 3.65. The van der Waals surface area contributed by atoms with Crippen molar-refractivity contribution in [2.24, 2.45) is 10.2 Å². The maximum absolute atomic E-state index is 12.1. The van der Waals surface area contributed by atoms with Crippen molar-refractivity contribution >= 4 is 34.5 Å². The molecule has 3 rings (SSSR count). The van der Waals surface area contributed by atoms with Crippen molar-refractivity contribution in [3.05, 3.63) is 60.1 Å². The predicted molar refractivity (Wildman–Crippen MR) is 101 cm³/mol. The van der Waals surface area contributed by atoms with Gasteiger partial charge in [0.1, 0.15) is 16.7 Å². The number of thioether (sulfide) groups is 1. The molecule has 0 aliphatic carbocycles. The van der Waals surface area contributed by atoms with Crippen molar-refractivity contribution in [3.8, 4) is 0 Å². The van der Waals surface area contributed by atoms with Gasteiger partial charge in [0.05, 0.1) is 6.26 Å². The Morgan fingerprint density at radius 1 is 1.27 bits per heavy atom. The first-order valence-electron chi connectivity index (χ1n) is 8.06. The van der Waals surface area contributed by atoms with Crippen LogP contribution in [0.15, 0.2) is 63.3 Å². The van der Waals surface area contributed by atoms with Gasteiger partial charge in [0.15, 0.2) is 5.17 Å². The van der Waals surface area contributed by atoms with Crippen LogP contribution < -0.4 is 10.6 Å². The highest BCUT2D eigenvalue weighted by Crippen LogP contribution is 2.22. The Morgan fingerprint density at radius 3 is 2.81 bits per heavy atom. The summed E-state index contributed by atoms with van der Waals surface area (Å²) in [6, 6.07) is 13.1. The molecule has 2 heterocycles. The first-order chi connectivity index (χ1) is 12.6. The van der Waals surface area contributed by atoms with Gasteiger partial charge in [0.2, 0.25) is 11.8 Å². The van der Waals surface area contributed by atoms with Gasteiger partial charge in [-0.2, -0.15) is 0 Å². The Balaban J connectivity index is 1.52. The van der Waals surface area contributed by atoms with Crippen LogP contribution in [-0.2, 0) is 16.1 Å². The van der Waals surface area contributed by atoms with E-state index < -0.39 is 5.25 Å². The van der Waals surface area contributed by atoms with Crippen LogP contribution in [0.5, 0.6) is 0 Å². The molecule has 2 amide bonds. The van der Waals surface area contributed by atoms with Crippen molar-refractivity contribution in [1.82, 2.24) is 10.6 Å². The summed E-state index contributed by atoms with van der Waals surface area (Å²) in [5.74, 6) is 0.188. The predicted octanol–water partition coefficient (Wildman–Crippen LogP) is 2.30. The highest BCUT2D eigenvalue weighted by molar-refractivity contribution is 8.15. The normalized spacial score (nSPS) is 18.8. The van der Waals surface area contributed by atoms with Gasteiger partial charge < -0.3 is 15.1 Å². The number of furan rings is 1. The number of hydrogen-bond acceptors (Lipinski definition) is 6. The number of amidine groups is 1. The van der Waals surface area contributed by atoms with E-state index in [4.69, 9.17) is 4.42 Å². The van der Waals surface area contributed by atoms with Crippen LogP contribution in [0, 0.1) is 0 Å². The van der Waals surface area contributed by atoms with Gasteiger partial charge in [-0.25, -0.2) is 0 Å².